The number of ether oxygens (including phenoxy) is 1. The summed E-state index contributed by atoms with van der Waals surface area (Å²) in [6.45, 7) is 0.0614. The quantitative estimate of drug-likeness (QED) is 0.598. The van der Waals surface area contributed by atoms with Crippen molar-refractivity contribution in [2.45, 2.75) is 19.4 Å². The van der Waals surface area contributed by atoms with E-state index in [1.54, 1.807) is 18.2 Å². The predicted octanol–water partition coefficient (Wildman–Crippen LogP) is 0.0264. The number of amides is 1. The number of aromatic hydroxyl groups is 1. The van der Waals surface area contributed by atoms with Gasteiger partial charge >= 0.3 is 5.69 Å². The number of hydrogen-bond acceptors (Lipinski definition) is 5. The van der Waals surface area contributed by atoms with Gasteiger partial charge in [-0.05, 0) is 24.1 Å². The number of benzene rings is 1. The molecule has 0 atom stereocenters. The molecule has 0 aliphatic rings. The van der Waals surface area contributed by atoms with E-state index in [0.717, 1.165) is 5.56 Å². The number of hydrogen-bond donors (Lipinski definition) is 4. The molecule has 0 spiro atoms. The molecule has 0 aliphatic heterocycles. The summed E-state index contributed by atoms with van der Waals surface area (Å²) in [7, 11) is 1.46. The summed E-state index contributed by atoms with van der Waals surface area (Å²) >= 11 is 0. The molecule has 0 radical (unpaired) electrons. The van der Waals surface area contributed by atoms with Crippen LogP contribution in [-0.2, 0) is 17.8 Å². The Bertz CT molecular complexity index is 781. The fourth-order valence-electron chi connectivity index (χ4n) is 2.05. The second-order valence-electron chi connectivity index (χ2n) is 4.90. The third-order valence-corrected chi connectivity index (χ3v) is 3.18. The molecule has 1 heterocycles. The highest BCUT2D eigenvalue weighted by atomic mass is 16.5. The summed E-state index contributed by atoms with van der Waals surface area (Å²) in [5.74, 6) is 0.157. The van der Waals surface area contributed by atoms with E-state index in [1.165, 1.54) is 13.2 Å². The van der Waals surface area contributed by atoms with Crippen LogP contribution in [0.15, 0.2) is 33.9 Å². The Morgan fingerprint density at radius 3 is 2.70 bits per heavy atom. The lowest BCUT2D eigenvalue weighted by molar-refractivity contribution is -0.121. The maximum Gasteiger partial charge on any atom is 0.325 e. The van der Waals surface area contributed by atoms with Crippen LogP contribution < -0.4 is 21.3 Å². The van der Waals surface area contributed by atoms with Crippen molar-refractivity contribution < 1.29 is 14.6 Å². The van der Waals surface area contributed by atoms with Gasteiger partial charge in [-0.15, -0.1) is 0 Å². The first-order chi connectivity index (χ1) is 11.0. The highest BCUT2D eigenvalue weighted by Gasteiger charge is 2.06. The zero-order chi connectivity index (χ0) is 16.8. The zero-order valence-electron chi connectivity index (χ0n) is 12.5. The average Bonchev–Trinajstić information content (AvgIpc) is 2.50. The van der Waals surface area contributed by atoms with E-state index in [0.29, 0.717) is 17.9 Å². The fraction of sp³-hybridized carbons (Fsp3) is 0.267. The Morgan fingerprint density at radius 2 is 2.04 bits per heavy atom. The third-order valence-electron chi connectivity index (χ3n) is 3.18. The molecule has 8 nitrogen and oxygen atoms in total. The number of aromatic amines is 2. The van der Waals surface area contributed by atoms with Crippen molar-refractivity contribution in [3.05, 3.63) is 56.4 Å². The van der Waals surface area contributed by atoms with Gasteiger partial charge in [0.25, 0.3) is 5.56 Å². The minimum atomic E-state index is -0.615. The van der Waals surface area contributed by atoms with Gasteiger partial charge in [0.2, 0.25) is 5.91 Å². The standard InChI is InChI=1S/C15H17N3O5/c1-23-12-4-2-9(6-11(12)19)3-5-13(20)16-8-10-7-14(21)18-15(22)17-10/h2,4,6-7,19H,3,5,8H2,1H3,(H,16,20)(H2,17,18,21,22). The van der Waals surface area contributed by atoms with Crippen molar-refractivity contribution in [2.75, 3.05) is 7.11 Å². The van der Waals surface area contributed by atoms with Crippen LogP contribution in [0.1, 0.15) is 17.7 Å². The molecular weight excluding hydrogens is 302 g/mol. The molecule has 23 heavy (non-hydrogen) atoms. The van der Waals surface area contributed by atoms with Crippen LogP contribution in [0, 0.1) is 0 Å². The van der Waals surface area contributed by atoms with Gasteiger partial charge in [-0.25, -0.2) is 4.79 Å². The number of rotatable bonds is 6. The van der Waals surface area contributed by atoms with Crippen LogP contribution >= 0.6 is 0 Å². The lowest BCUT2D eigenvalue weighted by atomic mass is 10.1. The first kappa shape index (κ1) is 16.3. The molecule has 0 bridgehead atoms. The number of nitrogens with one attached hydrogen (secondary N) is 3. The van der Waals surface area contributed by atoms with E-state index >= 15 is 0 Å². The lowest BCUT2D eigenvalue weighted by Gasteiger charge is -2.07. The number of carbonyl (C=O) groups is 1. The van der Waals surface area contributed by atoms with Crippen molar-refractivity contribution in [3.8, 4) is 11.5 Å². The van der Waals surface area contributed by atoms with Crippen LogP contribution in [-0.4, -0.2) is 28.1 Å². The molecule has 4 N–H and O–H groups in total. The van der Waals surface area contributed by atoms with E-state index in [4.69, 9.17) is 4.74 Å². The Hall–Kier alpha value is -3.03. The summed E-state index contributed by atoms with van der Waals surface area (Å²) in [5, 5.41) is 12.3. The van der Waals surface area contributed by atoms with Gasteiger partial charge in [-0.3, -0.25) is 14.6 Å². The normalized spacial score (nSPS) is 10.3. The molecule has 2 rings (SSSR count). The van der Waals surface area contributed by atoms with Crippen molar-refractivity contribution in [3.63, 3.8) is 0 Å². The summed E-state index contributed by atoms with van der Waals surface area (Å²) < 4.78 is 4.95. The minimum Gasteiger partial charge on any atom is -0.504 e. The van der Waals surface area contributed by atoms with Gasteiger partial charge in [0.1, 0.15) is 0 Å². The molecule has 0 aliphatic carbocycles. The molecule has 0 saturated carbocycles. The van der Waals surface area contributed by atoms with Crippen molar-refractivity contribution in [2.24, 2.45) is 0 Å². The molecule has 2 aromatic rings. The van der Waals surface area contributed by atoms with E-state index in [1.807, 2.05) is 4.98 Å². The average molecular weight is 319 g/mol. The lowest BCUT2D eigenvalue weighted by Crippen LogP contribution is -2.28. The van der Waals surface area contributed by atoms with Gasteiger partial charge < -0.3 is 20.1 Å². The van der Waals surface area contributed by atoms with Crippen LogP contribution in [0.2, 0.25) is 0 Å². The summed E-state index contributed by atoms with van der Waals surface area (Å²) in [5.41, 5.74) is -0.0145. The number of H-pyrrole nitrogens is 2. The van der Waals surface area contributed by atoms with Crippen LogP contribution in [0.4, 0.5) is 0 Å². The van der Waals surface area contributed by atoms with E-state index in [9.17, 15) is 19.5 Å². The minimum absolute atomic E-state index is 0.0199. The van der Waals surface area contributed by atoms with Crippen LogP contribution in [0.3, 0.4) is 0 Å². The molecular formula is C15H17N3O5. The molecule has 0 saturated heterocycles. The number of phenols is 1. The molecule has 0 unspecified atom stereocenters. The first-order valence-electron chi connectivity index (χ1n) is 6.93. The number of phenolic OH excluding ortho intramolecular Hbond substituents is 1. The molecule has 1 aromatic carbocycles. The number of methoxy groups -OCH3 is 1. The SMILES string of the molecule is COc1ccc(CCC(=O)NCc2cc(=O)[nH]c(=O)[nH]2)cc1O. The molecule has 1 aromatic heterocycles. The van der Waals surface area contributed by atoms with Gasteiger partial charge in [0, 0.05) is 18.2 Å². The largest absolute Gasteiger partial charge is 0.504 e. The van der Waals surface area contributed by atoms with Crippen molar-refractivity contribution in [1.29, 1.82) is 0 Å². The highest BCUT2D eigenvalue weighted by Crippen LogP contribution is 2.26. The smallest absolute Gasteiger partial charge is 0.325 e. The summed E-state index contributed by atoms with van der Waals surface area (Å²) in [4.78, 5) is 38.5. The second kappa shape index (κ2) is 7.30. The Labute approximate surface area is 131 Å². The molecule has 1 amide bonds. The van der Waals surface area contributed by atoms with Gasteiger partial charge in [-0.2, -0.15) is 0 Å². The Kier molecular flexibility index (Phi) is 5.19. The Balaban J connectivity index is 1.86. The van der Waals surface area contributed by atoms with Crippen LogP contribution in [0.25, 0.3) is 0 Å². The monoisotopic (exact) mass is 319 g/mol. The van der Waals surface area contributed by atoms with Gasteiger partial charge in [-0.1, -0.05) is 6.07 Å². The van der Waals surface area contributed by atoms with Crippen molar-refractivity contribution >= 4 is 5.91 Å². The van der Waals surface area contributed by atoms with Crippen LogP contribution in [0.5, 0.6) is 11.5 Å². The highest BCUT2D eigenvalue weighted by molar-refractivity contribution is 5.76. The molecule has 8 heteroatoms. The maximum absolute atomic E-state index is 11.8. The first-order valence-corrected chi connectivity index (χ1v) is 6.93. The second-order valence-corrected chi connectivity index (χ2v) is 4.90. The summed E-state index contributed by atoms with van der Waals surface area (Å²) in [6, 6.07) is 6.15. The molecule has 122 valence electrons. The number of aromatic nitrogens is 2. The Morgan fingerprint density at radius 1 is 1.26 bits per heavy atom. The summed E-state index contributed by atoms with van der Waals surface area (Å²) in [6.07, 6.45) is 0.647. The zero-order valence-corrected chi connectivity index (χ0v) is 12.5. The third kappa shape index (κ3) is 4.73. The van der Waals surface area contributed by atoms with E-state index < -0.39 is 11.2 Å². The molecule has 0 fully saturated rings. The van der Waals surface area contributed by atoms with E-state index in [-0.39, 0.29) is 24.6 Å². The van der Waals surface area contributed by atoms with Crippen molar-refractivity contribution in [1.82, 2.24) is 15.3 Å². The topological polar surface area (TPSA) is 124 Å². The fourth-order valence-corrected chi connectivity index (χ4v) is 2.05. The number of carbonyl (C=O) groups excluding carboxylic acids is 1. The van der Waals surface area contributed by atoms with E-state index in [2.05, 4.69) is 10.3 Å². The van der Waals surface area contributed by atoms with Gasteiger partial charge in [0.15, 0.2) is 11.5 Å². The predicted molar refractivity (Wildman–Crippen MR) is 82.5 cm³/mol. The van der Waals surface area contributed by atoms with Gasteiger partial charge in [0.05, 0.1) is 13.7 Å². The number of aryl methyl sites for hydroxylation is 1. The maximum atomic E-state index is 11.8.